The molecule has 0 unspecified atom stereocenters. The highest BCUT2D eigenvalue weighted by atomic mass is 35.5. The summed E-state index contributed by atoms with van der Waals surface area (Å²) in [4.78, 5) is 14.1. The minimum absolute atomic E-state index is 0.0390. The second kappa shape index (κ2) is 6.93. The lowest BCUT2D eigenvalue weighted by molar-refractivity contribution is 0.0801. The zero-order valence-electron chi connectivity index (χ0n) is 13.0. The maximum atomic E-state index is 13.0. The van der Waals surface area contributed by atoms with Crippen molar-refractivity contribution in [1.29, 1.82) is 0 Å². The van der Waals surface area contributed by atoms with Crippen molar-refractivity contribution in [2.75, 3.05) is 13.6 Å². The molecule has 2 aromatic rings. The van der Waals surface area contributed by atoms with Gasteiger partial charge in [0, 0.05) is 24.2 Å². The lowest BCUT2D eigenvalue weighted by Crippen LogP contribution is -2.27. The molecule has 0 saturated heterocycles. The molecule has 0 N–H and O–H groups in total. The number of halogens is 2. The van der Waals surface area contributed by atoms with Crippen LogP contribution >= 0.6 is 11.6 Å². The van der Waals surface area contributed by atoms with Gasteiger partial charge < -0.3 is 4.90 Å². The minimum atomic E-state index is -0.257. The molecule has 2 nitrogen and oxygen atoms in total. The Kier molecular flexibility index (Phi) is 5.19. The van der Waals surface area contributed by atoms with Gasteiger partial charge in [-0.2, -0.15) is 0 Å². The smallest absolute Gasteiger partial charge is 0.253 e. The Labute approximate surface area is 135 Å². The third-order valence-corrected chi connectivity index (χ3v) is 4.06. The monoisotopic (exact) mass is 319 g/mol. The first-order valence-corrected chi connectivity index (χ1v) is 7.59. The Morgan fingerprint density at radius 3 is 2.45 bits per heavy atom. The summed E-state index contributed by atoms with van der Waals surface area (Å²) in [5.41, 5.74) is 3.49. The summed E-state index contributed by atoms with van der Waals surface area (Å²) in [7, 11) is 1.77. The van der Waals surface area contributed by atoms with E-state index >= 15 is 0 Å². The van der Waals surface area contributed by atoms with E-state index in [4.69, 9.17) is 11.6 Å². The van der Waals surface area contributed by atoms with Crippen LogP contribution in [0.3, 0.4) is 0 Å². The SMILES string of the molecule is CCN(C)C(=O)c1cc(Cl)cc(Cc2ccc(F)cc2)c1C. The van der Waals surface area contributed by atoms with E-state index in [9.17, 15) is 9.18 Å². The summed E-state index contributed by atoms with van der Waals surface area (Å²) in [6, 6.07) is 9.94. The molecule has 0 aromatic heterocycles. The van der Waals surface area contributed by atoms with Gasteiger partial charge in [-0.3, -0.25) is 4.79 Å². The number of carbonyl (C=O) groups is 1. The van der Waals surface area contributed by atoms with Crippen molar-refractivity contribution in [2.45, 2.75) is 20.3 Å². The van der Waals surface area contributed by atoms with Gasteiger partial charge in [0.15, 0.2) is 0 Å². The highest BCUT2D eigenvalue weighted by molar-refractivity contribution is 6.31. The second-order valence-corrected chi connectivity index (χ2v) is 5.80. The maximum Gasteiger partial charge on any atom is 0.253 e. The number of hydrogen-bond acceptors (Lipinski definition) is 1. The number of benzene rings is 2. The standard InChI is InChI=1S/C18H19ClFNO/c1-4-21(3)18(22)17-11-15(19)10-14(12(17)2)9-13-5-7-16(20)8-6-13/h5-8,10-11H,4,9H2,1-3H3. The summed E-state index contributed by atoms with van der Waals surface area (Å²) in [5.74, 6) is -0.296. The van der Waals surface area contributed by atoms with E-state index in [0.717, 1.165) is 16.7 Å². The Bertz CT molecular complexity index is 682. The lowest BCUT2D eigenvalue weighted by atomic mass is 9.96. The molecular weight excluding hydrogens is 301 g/mol. The van der Waals surface area contributed by atoms with Gasteiger partial charge in [-0.05, 0) is 61.2 Å². The molecule has 0 fully saturated rings. The van der Waals surface area contributed by atoms with E-state index in [1.54, 1.807) is 30.1 Å². The van der Waals surface area contributed by atoms with Crippen molar-refractivity contribution in [2.24, 2.45) is 0 Å². The minimum Gasteiger partial charge on any atom is -0.342 e. The molecule has 4 heteroatoms. The van der Waals surface area contributed by atoms with Crippen molar-refractivity contribution >= 4 is 17.5 Å². The maximum absolute atomic E-state index is 13.0. The molecule has 0 heterocycles. The molecule has 22 heavy (non-hydrogen) atoms. The van der Waals surface area contributed by atoms with Crippen molar-refractivity contribution in [3.63, 3.8) is 0 Å². The molecular formula is C18H19ClFNO. The van der Waals surface area contributed by atoms with Gasteiger partial charge in [0.1, 0.15) is 5.82 Å². The second-order valence-electron chi connectivity index (χ2n) is 5.36. The van der Waals surface area contributed by atoms with Gasteiger partial charge in [-0.1, -0.05) is 23.7 Å². The molecule has 0 aliphatic rings. The third-order valence-electron chi connectivity index (χ3n) is 3.84. The first-order valence-electron chi connectivity index (χ1n) is 7.21. The first kappa shape index (κ1) is 16.5. The molecule has 0 saturated carbocycles. The van der Waals surface area contributed by atoms with Gasteiger partial charge >= 0.3 is 0 Å². The van der Waals surface area contributed by atoms with Crippen LogP contribution in [-0.2, 0) is 6.42 Å². The largest absolute Gasteiger partial charge is 0.342 e. The van der Waals surface area contributed by atoms with Crippen molar-refractivity contribution in [3.8, 4) is 0 Å². The Morgan fingerprint density at radius 1 is 1.23 bits per heavy atom. The fourth-order valence-corrected chi connectivity index (χ4v) is 2.55. The third kappa shape index (κ3) is 3.66. The fraction of sp³-hybridized carbons (Fsp3) is 0.278. The lowest BCUT2D eigenvalue weighted by Gasteiger charge is -2.18. The van der Waals surface area contributed by atoms with Crippen molar-refractivity contribution in [3.05, 3.63) is 69.5 Å². The van der Waals surface area contributed by atoms with E-state index < -0.39 is 0 Å². The zero-order chi connectivity index (χ0) is 16.3. The van der Waals surface area contributed by atoms with E-state index in [1.165, 1.54) is 12.1 Å². The van der Waals surface area contributed by atoms with E-state index in [-0.39, 0.29) is 11.7 Å². The van der Waals surface area contributed by atoms with Crippen LogP contribution in [0.15, 0.2) is 36.4 Å². The number of hydrogen-bond donors (Lipinski definition) is 0. The topological polar surface area (TPSA) is 20.3 Å². The van der Waals surface area contributed by atoms with Crippen LogP contribution in [-0.4, -0.2) is 24.4 Å². The molecule has 0 spiro atoms. The molecule has 0 atom stereocenters. The molecule has 2 aromatic carbocycles. The molecule has 0 aliphatic heterocycles. The van der Waals surface area contributed by atoms with Crippen LogP contribution < -0.4 is 0 Å². The van der Waals surface area contributed by atoms with E-state index in [1.807, 2.05) is 19.9 Å². The van der Waals surface area contributed by atoms with Crippen molar-refractivity contribution < 1.29 is 9.18 Å². The van der Waals surface area contributed by atoms with Crippen LogP contribution in [0.4, 0.5) is 4.39 Å². The van der Waals surface area contributed by atoms with Crippen LogP contribution in [0.2, 0.25) is 5.02 Å². The predicted octanol–water partition coefficient (Wildman–Crippen LogP) is 4.47. The fourth-order valence-electron chi connectivity index (χ4n) is 2.31. The Morgan fingerprint density at radius 2 is 1.86 bits per heavy atom. The molecule has 116 valence electrons. The number of amides is 1. The van der Waals surface area contributed by atoms with Gasteiger partial charge in [0.25, 0.3) is 5.91 Å². The highest BCUT2D eigenvalue weighted by Gasteiger charge is 2.16. The average Bonchev–Trinajstić information content (AvgIpc) is 2.51. The summed E-state index contributed by atoms with van der Waals surface area (Å²) < 4.78 is 13.0. The number of nitrogens with zero attached hydrogens (tertiary/aromatic N) is 1. The number of carbonyl (C=O) groups excluding carboxylic acids is 1. The van der Waals surface area contributed by atoms with Gasteiger partial charge in [0.05, 0.1) is 0 Å². The van der Waals surface area contributed by atoms with Crippen LogP contribution in [0, 0.1) is 12.7 Å². The van der Waals surface area contributed by atoms with Crippen molar-refractivity contribution in [1.82, 2.24) is 4.90 Å². The highest BCUT2D eigenvalue weighted by Crippen LogP contribution is 2.24. The Hall–Kier alpha value is -1.87. The van der Waals surface area contributed by atoms with Crippen LogP contribution in [0.5, 0.6) is 0 Å². The summed E-state index contributed by atoms with van der Waals surface area (Å²) in [6.45, 7) is 4.49. The van der Waals surface area contributed by atoms with Crippen LogP contribution in [0.1, 0.15) is 34.0 Å². The molecule has 0 radical (unpaired) electrons. The molecule has 0 bridgehead atoms. The van der Waals surface area contributed by atoms with Crippen LogP contribution in [0.25, 0.3) is 0 Å². The molecule has 1 amide bonds. The molecule has 2 rings (SSSR count). The van der Waals surface area contributed by atoms with E-state index in [2.05, 4.69) is 0 Å². The normalized spacial score (nSPS) is 10.6. The zero-order valence-corrected chi connectivity index (χ0v) is 13.7. The Balaban J connectivity index is 2.38. The quantitative estimate of drug-likeness (QED) is 0.814. The summed E-state index contributed by atoms with van der Waals surface area (Å²) in [5, 5.41) is 0.538. The van der Waals surface area contributed by atoms with Gasteiger partial charge in [-0.25, -0.2) is 4.39 Å². The van der Waals surface area contributed by atoms with E-state index in [0.29, 0.717) is 23.6 Å². The summed E-state index contributed by atoms with van der Waals surface area (Å²) >= 11 is 6.17. The van der Waals surface area contributed by atoms with Gasteiger partial charge in [0.2, 0.25) is 0 Å². The number of rotatable bonds is 4. The van der Waals surface area contributed by atoms with Gasteiger partial charge in [-0.15, -0.1) is 0 Å². The summed E-state index contributed by atoms with van der Waals surface area (Å²) in [6.07, 6.45) is 0.614. The first-order chi connectivity index (χ1) is 10.4. The molecule has 0 aliphatic carbocycles. The predicted molar refractivity (Wildman–Crippen MR) is 88.0 cm³/mol. The average molecular weight is 320 g/mol.